The van der Waals surface area contributed by atoms with Crippen LogP contribution >= 0.6 is 0 Å². The summed E-state index contributed by atoms with van der Waals surface area (Å²) in [6.45, 7) is 1.09. The maximum absolute atomic E-state index is 13.3. The van der Waals surface area contributed by atoms with Gasteiger partial charge < -0.3 is 20.9 Å². The number of anilines is 2. The molecule has 9 nitrogen and oxygen atoms in total. The molecular formula is C24H21F3N6O3. The van der Waals surface area contributed by atoms with Gasteiger partial charge >= 0.3 is 6.18 Å². The second-order valence-corrected chi connectivity index (χ2v) is 8.00. The summed E-state index contributed by atoms with van der Waals surface area (Å²) in [5, 5.41) is 10.7. The summed E-state index contributed by atoms with van der Waals surface area (Å²) in [6.07, 6.45) is -4.62. The minimum Gasteiger partial charge on any atom is -0.366 e. The third kappa shape index (κ3) is 5.43. The quantitative estimate of drug-likeness (QED) is 0.558. The molecule has 0 radical (unpaired) electrons. The van der Waals surface area contributed by atoms with E-state index in [0.29, 0.717) is 30.2 Å². The maximum Gasteiger partial charge on any atom is 0.417 e. The minimum absolute atomic E-state index is 0.0651. The largest absolute Gasteiger partial charge is 0.417 e. The van der Waals surface area contributed by atoms with Gasteiger partial charge in [-0.1, -0.05) is 12.1 Å². The van der Waals surface area contributed by atoms with E-state index in [2.05, 4.69) is 15.5 Å². The van der Waals surface area contributed by atoms with Crippen LogP contribution < -0.4 is 16.0 Å². The van der Waals surface area contributed by atoms with Crippen molar-refractivity contribution in [2.75, 3.05) is 36.4 Å². The number of benzene rings is 2. The lowest BCUT2D eigenvalue weighted by atomic mass is 10.1. The first-order valence-electron chi connectivity index (χ1n) is 10.9. The Morgan fingerprint density at radius 1 is 0.861 bits per heavy atom. The van der Waals surface area contributed by atoms with Crippen LogP contribution in [0.1, 0.15) is 36.8 Å². The molecule has 0 aliphatic carbocycles. The number of aromatic nitrogens is 2. The Morgan fingerprint density at radius 3 is 2.11 bits per heavy atom. The first-order chi connectivity index (χ1) is 17.1. The van der Waals surface area contributed by atoms with Gasteiger partial charge in [-0.05, 0) is 48.5 Å². The SMILES string of the molecule is NC(=O)c1ccc(NC(=O)c2ccc(N3CCN(C(=O)c4ccccc4C(F)(F)F)CC3)nn2)cc1. The normalized spacial score (nSPS) is 13.9. The summed E-state index contributed by atoms with van der Waals surface area (Å²) >= 11 is 0. The number of halogens is 3. The predicted octanol–water partition coefficient (Wildman–Crippen LogP) is 2.81. The van der Waals surface area contributed by atoms with Gasteiger partial charge in [0.1, 0.15) is 0 Å². The van der Waals surface area contributed by atoms with Gasteiger partial charge in [0.15, 0.2) is 11.5 Å². The van der Waals surface area contributed by atoms with E-state index < -0.39 is 29.5 Å². The molecule has 0 bridgehead atoms. The number of hydrogen-bond donors (Lipinski definition) is 2. The Bertz CT molecular complexity index is 1270. The van der Waals surface area contributed by atoms with Gasteiger partial charge in [-0.3, -0.25) is 14.4 Å². The standard InChI is InChI=1S/C24H21F3N6O3/c25-24(26,27)18-4-2-1-3-17(18)23(36)33-13-11-32(12-14-33)20-10-9-19(30-31-20)22(35)29-16-7-5-15(6-8-16)21(28)34/h1-10H,11-14H2,(H2,28,34)(H,29,35). The number of hydrogen-bond acceptors (Lipinski definition) is 6. The second-order valence-electron chi connectivity index (χ2n) is 8.00. The Morgan fingerprint density at radius 2 is 1.53 bits per heavy atom. The van der Waals surface area contributed by atoms with Gasteiger partial charge in [-0.2, -0.15) is 13.2 Å². The highest BCUT2D eigenvalue weighted by Gasteiger charge is 2.36. The Hall–Kier alpha value is -4.48. The van der Waals surface area contributed by atoms with Crippen molar-refractivity contribution in [1.29, 1.82) is 0 Å². The third-order valence-corrected chi connectivity index (χ3v) is 5.66. The van der Waals surface area contributed by atoms with Gasteiger partial charge in [0, 0.05) is 37.4 Å². The zero-order valence-corrected chi connectivity index (χ0v) is 18.8. The number of rotatable bonds is 5. The fourth-order valence-electron chi connectivity index (χ4n) is 3.75. The molecule has 0 atom stereocenters. The number of carbonyl (C=O) groups excluding carboxylic acids is 3. The molecule has 36 heavy (non-hydrogen) atoms. The maximum atomic E-state index is 13.3. The van der Waals surface area contributed by atoms with Gasteiger partial charge in [0.05, 0.1) is 11.1 Å². The number of carbonyl (C=O) groups is 3. The first kappa shape index (κ1) is 24.6. The summed E-state index contributed by atoms with van der Waals surface area (Å²) in [5.74, 6) is -1.28. The molecule has 3 amide bonds. The molecule has 3 aromatic rings. The highest BCUT2D eigenvalue weighted by molar-refractivity contribution is 6.03. The van der Waals surface area contributed by atoms with Crippen LogP contribution in [0.2, 0.25) is 0 Å². The van der Waals surface area contributed by atoms with Crippen LogP contribution in [0, 0.1) is 0 Å². The van der Waals surface area contributed by atoms with Crippen LogP contribution in [0.25, 0.3) is 0 Å². The van der Waals surface area contributed by atoms with Crippen LogP contribution in [0.4, 0.5) is 24.7 Å². The Balaban J connectivity index is 1.36. The molecular weight excluding hydrogens is 477 g/mol. The first-order valence-corrected chi connectivity index (χ1v) is 10.9. The van der Waals surface area contributed by atoms with E-state index in [0.717, 1.165) is 6.07 Å². The van der Waals surface area contributed by atoms with Crippen LogP contribution in [0.3, 0.4) is 0 Å². The van der Waals surface area contributed by atoms with Crippen molar-refractivity contribution in [3.05, 3.63) is 83.0 Å². The van der Waals surface area contributed by atoms with E-state index in [1.165, 1.54) is 53.4 Å². The van der Waals surface area contributed by atoms with Crippen molar-refractivity contribution < 1.29 is 27.6 Å². The zero-order chi connectivity index (χ0) is 25.9. The van der Waals surface area contributed by atoms with E-state index >= 15 is 0 Å². The second kappa shape index (κ2) is 10.0. The molecule has 3 N–H and O–H groups in total. The summed E-state index contributed by atoms with van der Waals surface area (Å²) in [7, 11) is 0. The summed E-state index contributed by atoms with van der Waals surface area (Å²) in [4.78, 5) is 39.5. The molecule has 1 saturated heterocycles. The van der Waals surface area contributed by atoms with Crippen LogP contribution in [0.15, 0.2) is 60.7 Å². The van der Waals surface area contributed by atoms with E-state index in [9.17, 15) is 27.6 Å². The number of alkyl halides is 3. The van der Waals surface area contributed by atoms with Crippen molar-refractivity contribution in [2.24, 2.45) is 5.73 Å². The summed E-state index contributed by atoms with van der Waals surface area (Å²) < 4.78 is 39.8. The smallest absolute Gasteiger partial charge is 0.366 e. The van der Waals surface area contributed by atoms with Gasteiger partial charge in [0.25, 0.3) is 11.8 Å². The molecule has 12 heteroatoms. The number of nitrogens with two attached hydrogens (primary N) is 1. The van der Waals surface area contributed by atoms with Crippen molar-refractivity contribution in [3.8, 4) is 0 Å². The average Bonchev–Trinajstić information content (AvgIpc) is 2.88. The molecule has 4 rings (SSSR count). The average molecular weight is 498 g/mol. The number of piperazine rings is 1. The summed E-state index contributed by atoms with van der Waals surface area (Å²) in [6, 6.07) is 13.9. The van der Waals surface area contributed by atoms with Crippen molar-refractivity contribution >= 4 is 29.2 Å². The third-order valence-electron chi connectivity index (χ3n) is 5.66. The monoisotopic (exact) mass is 498 g/mol. The van der Waals surface area contributed by atoms with E-state index in [-0.39, 0.29) is 24.3 Å². The Kier molecular flexibility index (Phi) is 6.86. The molecule has 2 heterocycles. The molecule has 1 aliphatic rings. The number of primary amides is 1. The predicted molar refractivity (Wildman–Crippen MR) is 125 cm³/mol. The lowest BCUT2D eigenvalue weighted by molar-refractivity contribution is -0.138. The fraction of sp³-hybridized carbons (Fsp3) is 0.208. The Labute approximate surface area is 203 Å². The van der Waals surface area contributed by atoms with Crippen molar-refractivity contribution in [1.82, 2.24) is 15.1 Å². The topological polar surface area (TPSA) is 122 Å². The minimum atomic E-state index is -4.62. The molecule has 186 valence electrons. The van der Waals surface area contributed by atoms with Gasteiger partial charge in [-0.25, -0.2) is 0 Å². The van der Waals surface area contributed by atoms with Crippen molar-refractivity contribution in [2.45, 2.75) is 6.18 Å². The fourth-order valence-corrected chi connectivity index (χ4v) is 3.75. The van der Waals surface area contributed by atoms with Crippen LogP contribution in [0.5, 0.6) is 0 Å². The molecule has 1 fully saturated rings. The lowest BCUT2D eigenvalue weighted by Gasteiger charge is -2.35. The summed E-state index contributed by atoms with van der Waals surface area (Å²) in [5.41, 5.74) is 4.68. The molecule has 2 aromatic carbocycles. The molecule has 0 unspecified atom stereocenters. The number of nitrogens with zero attached hydrogens (tertiary/aromatic N) is 4. The number of amides is 3. The molecule has 0 spiro atoms. The van der Waals surface area contributed by atoms with E-state index in [1.807, 2.05) is 4.90 Å². The molecule has 0 saturated carbocycles. The van der Waals surface area contributed by atoms with Crippen molar-refractivity contribution in [3.63, 3.8) is 0 Å². The molecule has 1 aliphatic heterocycles. The van der Waals surface area contributed by atoms with Gasteiger partial charge in [0.2, 0.25) is 5.91 Å². The zero-order valence-electron chi connectivity index (χ0n) is 18.8. The van der Waals surface area contributed by atoms with Gasteiger partial charge in [-0.15, -0.1) is 10.2 Å². The highest BCUT2D eigenvalue weighted by atomic mass is 19.4. The van der Waals surface area contributed by atoms with E-state index in [1.54, 1.807) is 6.07 Å². The molecule has 1 aromatic heterocycles. The van der Waals surface area contributed by atoms with Crippen LogP contribution in [-0.2, 0) is 6.18 Å². The van der Waals surface area contributed by atoms with Crippen LogP contribution in [-0.4, -0.2) is 59.0 Å². The van der Waals surface area contributed by atoms with E-state index in [4.69, 9.17) is 5.73 Å². The number of nitrogens with one attached hydrogen (secondary N) is 1. The highest BCUT2D eigenvalue weighted by Crippen LogP contribution is 2.32. The lowest BCUT2D eigenvalue weighted by Crippen LogP contribution is -2.49.